The van der Waals surface area contributed by atoms with E-state index in [2.05, 4.69) is 23.8 Å². The average Bonchev–Trinajstić information content (AvgIpc) is 3.32. The maximum Gasteiger partial charge on any atom is 0.246 e. The van der Waals surface area contributed by atoms with Crippen LogP contribution in [0.1, 0.15) is 60.3 Å². The van der Waals surface area contributed by atoms with Crippen molar-refractivity contribution in [3.05, 3.63) is 25.3 Å². The van der Waals surface area contributed by atoms with Crippen LogP contribution in [0, 0.1) is 5.92 Å². The highest BCUT2D eigenvalue weighted by atomic mass is 16.2. The molecule has 2 saturated heterocycles. The van der Waals surface area contributed by atoms with Crippen LogP contribution < -0.4 is 10.6 Å². The fourth-order valence-corrected chi connectivity index (χ4v) is 4.74. The lowest BCUT2D eigenvalue weighted by Gasteiger charge is -2.32. The maximum atomic E-state index is 12.9. The first-order valence-electron chi connectivity index (χ1n) is 11.3. The van der Waals surface area contributed by atoms with E-state index in [9.17, 15) is 19.2 Å². The Morgan fingerprint density at radius 1 is 0.906 bits per heavy atom. The number of hydrogen-bond donors (Lipinski definition) is 2. The van der Waals surface area contributed by atoms with Gasteiger partial charge in [-0.3, -0.25) is 19.2 Å². The van der Waals surface area contributed by atoms with Gasteiger partial charge in [-0.25, -0.2) is 0 Å². The van der Waals surface area contributed by atoms with Gasteiger partial charge in [-0.05, 0) is 78.4 Å². The highest BCUT2D eigenvalue weighted by Crippen LogP contribution is 2.31. The molecule has 0 radical (unpaired) electrons. The van der Waals surface area contributed by atoms with E-state index in [1.807, 2.05) is 34.6 Å². The zero-order valence-corrected chi connectivity index (χ0v) is 20.1. The normalized spacial score (nSPS) is 23.6. The van der Waals surface area contributed by atoms with E-state index < -0.39 is 23.2 Å². The molecular weight excluding hydrogens is 408 g/mol. The van der Waals surface area contributed by atoms with Crippen molar-refractivity contribution < 1.29 is 19.2 Å². The Morgan fingerprint density at radius 3 is 2.03 bits per heavy atom. The lowest BCUT2D eigenvalue weighted by Crippen LogP contribution is -2.53. The third-order valence-corrected chi connectivity index (χ3v) is 5.92. The minimum Gasteiger partial charge on any atom is -0.350 e. The summed E-state index contributed by atoms with van der Waals surface area (Å²) in [6.45, 7) is 17.6. The molecule has 0 aromatic rings. The molecule has 2 aliphatic rings. The fourth-order valence-electron chi connectivity index (χ4n) is 4.74. The third kappa shape index (κ3) is 6.43. The summed E-state index contributed by atoms with van der Waals surface area (Å²) >= 11 is 0. The first-order valence-corrected chi connectivity index (χ1v) is 11.3. The van der Waals surface area contributed by atoms with E-state index in [-0.39, 0.29) is 29.5 Å². The Kier molecular flexibility index (Phi) is 7.91. The van der Waals surface area contributed by atoms with Crippen LogP contribution in [-0.4, -0.2) is 69.7 Å². The fraction of sp³-hybridized carbons (Fsp3) is 0.667. The van der Waals surface area contributed by atoms with Crippen LogP contribution in [0.4, 0.5) is 0 Å². The topological polar surface area (TPSA) is 98.8 Å². The Balaban J connectivity index is 2.06. The minimum atomic E-state index is -0.564. The van der Waals surface area contributed by atoms with E-state index in [0.29, 0.717) is 32.4 Å². The molecule has 32 heavy (non-hydrogen) atoms. The molecule has 3 atom stereocenters. The van der Waals surface area contributed by atoms with Crippen molar-refractivity contribution in [2.75, 3.05) is 13.1 Å². The van der Waals surface area contributed by atoms with Crippen LogP contribution in [0.3, 0.4) is 0 Å². The second kappa shape index (κ2) is 9.88. The lowest BCUT2D eigenvalue weighted by molar-refractivity contribution is -0.136. The highest BCUT2D eigenvalue weighted by molar-refractivity contribution is 5.94. The number of likely N-dealkylation sites (tertiary alicyclic amines) is 2. The number of carbonyl (C=O) groups excluding carboxylic acids is 4. The Morgan fingerprint density at radius 2 is 1.47 bits per heavy atom. The van der Waals surface area contributed by atoms with Gasteiger partial charge in [-0.1, -0.05) is 13.2 Å². The van der Waals surface area contributed by atoms with Gasteiger partial charge in [0.15, 0.2) is 0 Å². The monoisotopic (exact) mass is 446 g/mol. The van der Waals surface area contributed by atoms with Gasteiger partial charge < -0.3 is 20.4 Å². The molecule has 2 heterocycles. The molecule has 0 aromatic carbocycles. The number of nitrogens with one attached hydrogen (secondary N) is 2. The number of rotatable bonds is 7. The predicted octanol–water partition coefficient (Wildman–Crippen LogP) is 1.77. The molecule has 178 valence electrons. The molecule has 1 unspecified atom stereocenters. The standard InChI is InChI=1S/C24H38N4O4/c1-8-19(29)27-12-10-11-17(27)21(31)26-24(6,7)14-16-13-18(22(32)25-23(3,4)5)28(15-16)20(30)9-2/h8-9,16-18H,1-2,10-15H2,3-7H3,(H,25,32)(H,26,31)/t16?,17-,18+/m1/s1. The van der Waals surface area contributed by atoms with Crippen molar-refractivity contribution >= 4 is 23.6 Å². The van der Waals surface area contributed by atoms with Crippen molar-refractivity contribution in [2.45, 2.75) is 83.5 Å². The molecule has 0 aliphatic carbocycles. The molecule has 2 N–H and O–H groups in total. The molecule has 8 heteroatoms. The summed E-state index contributed by atoms with van der Waals surface area (Å²) in [5.41, 5.74) is -0.965. The third-order valence-electron chi connectivity index (χ3n) is 5.92. The quantitative estimate of drug-likeness (QED) is 0.582. The van der Waals surface area contributed by atoms with Gasteiger partial charge in [0, 0.05) is 24.2 Å². The number of nitrogens with zero attached hydrogens (tertiary/aromatic N) is 2. The van der Waals surface area contributed by atoms with E-state index in [1.165, 1.54) is 12.2 Å². The van der Waals surface area contributed by atoms with Gasteiger partial charge in [0.1, 0.15) is 12.1 Å². The molecule has 2 fully saturated rings. The summed E-state index contributed by atoms with van der Waals surface area (Å²) < 4.78 is 0. The smallest absolute Gasteiger partial charge is 0.246 e. The lowest BCUT2D eigenvalue weighted by atomic mass is 9.88. The zero-order chi connectivity index (χ0) is 24.3. The van der Waals surface area contributed by atoms with Crippen LogP contribution in [0.15, 0.2) is 25.3 Å². The maximum absolute atomic E-state index is 12.9. The molecule has 2 rings (SSSR count). The molecule has 4 amide bonds. The van der Waals surface area contributed by atoms with Crippen LogP contribution in [0.5, 0.6) is 0 Å². The summed E-state index contributed by atoms with van der Waals surface area (Å²) in [5.74, 6) is -0.821. The van der Waals surface area contributed by atoms with Crippen molar-refractivity contribution in [1.29, 1.82) is 0 Å². The van der Waals surface area contributed by atoms with Crippen molar-refractivity contribution in [3.8, 4) is 0 Å². The average molecular weight is 447 g/mol. The minimum absolute atomic E-state index is 0.0411. The zero-order valence-electron chi connectivity index (χ0n) is 20.1. The predicted molar refractivity (Wildman–Crippen MR) is 123 cm³/mol. The largest absolute Gasteiger partial charge is 0.350 e. The van der Waals surface area contributed by atoms with Crippen LogP contribution in [0.25, 0.3) is 0 Å². The summed E-state index contributed by atoms with van der Waals surface area (Å²) in [6.07, 6.45) is 5.00. The second-order valence-corrected chi connectivity index (χ2v) is 10.5. The molecule has 0 aromatic heterocycles. The highest BCUT2D eigenvalue weighted by Gasteiger charge is 2.42. The van der Waals surface area contributed by atoms with Gasteiger partial charge in [0.2, 0.25) is 23.6 Å². The molecular formula is C24H38N4O4. The van der Waals surface area contributed by atoms with Crippen molar-refractivity contribution in [1.82, 2.24) is 20.4 Å². The Hall–Kier alpha value is -2.64. The Bertz CT molecular complexity index is 783. The first kappa shape index (κ1) is 25.6. The molecule has 0 saturated carbocycles. The van der Waals surface area contributed by atoms with Gasteiger partial charge in [-0.2, -0.15) is 0 Å². The first-order chi connectivity index (χ1) is 14.8. The van der Waals surface area contributed by atoms with E-state index >= 15 is 0 Å². The summed E-state index contributed by atoms with van der Waals surface area (Å²) in [6, 6.07) is -1.06. The SMILES string of the molecule is C=CC(=O)N1CCC[C@@H]1C(=O)NC(C)(C)CC1C[C@@H](C(=O)NC(C)(C)C)N(C(=O)C=C)C1. The summed E-state index contributed by atoms with van der Waals surface area (Å²) in [7, 11) is 0. The van der Waals surface area contributed by atoms with E-state index in [1.54, 1.807) is 9.80 Å². The summed E-state index contributed by atoms with van der Waals surface area (Å²) in [5, 5.41) is 6.04. The van der Waals surface area contributed by atoms with Crippen LogP contribution >= 0.6 is 0 Å². The molecule has 0 spiro atoms. The summed E-state index contributed by atoms with van der Waals surface area (Å²) in [4.78, 5) is 53.3. The van der Waals surface area contributed by atoms with Crippen molar-refractivity contribution in [3.63, 3.8) is 0 Å². The number of carbonyl (C=O) groups is 4. The van der Waals surface area contributed by atoms with Crippen LogP contribution in [0.2, 0.25) is 0 Å². The number of amides is 4. The van der Waals surface area contributed by atoms with Gasteiger partial charge in [-0.15, -0.1) is 0 Å². The number of hydrogen-bond acceptors (Lipinski definition) is 4. The van der Waals surface area contributed by atoms with Gasteiger partial charge in [0.05, 0.1) is 0 Å². The second-order valence-electron chi connectivity index (χ2n) is 10.5. The van der Waals surface area contributed by atoms with Crippen molar-refractivity contribution in [2.24, 2.45) is 5.92 Å². The van der Waals surface area contributed by atoms with E-state index in [0.717, 1.165) is 6.42 Å². The van der Waals surface area contributed by atoms with Gasteiger partial charge >= 0.3 is 0 Å². The molecule has 2 aliphatic heterocycles. The molecule has 8 nitrogen and oxygen atoms in total. The Labute approximate surface area is 191 Å². The van der Waals surface area contributed by atoms with Crippen LogP contribution in [-0.2, 0) is 19.2 Å². The van der Waals surface area contributed by atoms with E-state index in [4.69, 9.17) is 0 Å². The molecule has 0 bridgehead atoms. The van der Waals surface area contributed by atoms with Gasteiger partial charge in [0.25, 0.3) is 0 Å².